The lowest BCUT2D eigenvalue weighted by Gasteiger charge is -2.01. The number of rotatable bonds is 5. The molecule has 2 heterocycles. The summed E-state index contributed by atoms with van der Waals surface area (Å²) in [6, 6.07) is 6.27. The van der Waals surface area contributed by atoms with Crippen LogP contribution in [0.1, 0.15) is 11.5 Å². The summed E-state index contributed by atoms with van der Waals surface area (Å²) in [6.45, 7) is 0. The Balaban J connectivity index is 2.05. The fourth-order valence-electron chi connectivity index (χ4n) is 1.37. The van der Waals surface area contributed by atoms with E-state index in [4.69, 9.17) is 4.42 Å². The Morgan fingerprint density at radius 1 is 1.24 bits per heavy atom. The highest BCUT2D eigenvalue weighted by Gasteiger charge is 2.09. The second kappa shape index (κ2) is 6.42. The minimum Gasteiger partial charge on any atom is -0.401 e. The number of hydrogen-bond donors (Lipinski definition) is 0. The fraction of sp³-hybridized carbons (Fsp3) is 0.154. The zero-order chi connectivity index (χ0) is 15.2. The SMILES string of the molecule is CN(C)C=Nc1ccc(C=Cc2ccc([N+](=O)[O-])o2)nn1. The molecule has 0 saturated carbocycles. The Kier molecular flexibility index (Phi) is 4.39. The van der Waals surface area contributed by atoms with Gasteiger partial charge in [0.05, 0.1) is 18.1 Å². The maximum Gasteiger partial charge on any atom is 0.433 e. The summed E-state index contributed by atoms with van der Waals surface area (Å²) >= 11 is 0. The molecule has 0 bridgehead atoms. The van der Waals surface area contributed by atoms with Crippen LogP contribution in [0.4, 0.5) is 11.7 Å². The van der Waals surface area contributed by atoms with E-state index in [1.807, 2.05) is 14.1 Å². The third kappa shape index (κ3) is 4.23. The van der Waals surface area contributed by atoms with Crippen LogP contribution in [0.5, 0.6) is 0 Å². The van der Waals surface area contributed by atoms with Gasteiger partial charge in [-0.15, -0.1) is 10.2 Å². The van der Waals surface area contributed by atoms with Gasteiger partial charge in [-0.3, -0.25) is 10.1 Å². The Hall–Kier alpha value is -3.03. The van der Waals surface area contributed by atoms with E-state index in [-0.39, 0.29) is 5.88 Å². The van der Waals surface area contributed by atoms with Gasteiger partial charge >= 0.3 is 5.88 Å². The molecule has 0 aliphatic rings. The molecule has 0 fully saturated rings. The van der Waals surface area contributed by atoms with Gasteiger partial charge in [-0.05, 0) is 30.4 Å². The summed E-state index contributed by atoms with van der Waals surface area (Å²) < 4.78 is 4.99. The van der Waals surface area contributed by atoms with Crippen LogP contribution in [0, 0.1) is 10.1 Å². The second-order valence-corrected chi connectivity index (χ2v) is 4.29. The predicted octanol–water partition coefficient (Wildman–Crippen LogP) is 2.37. The molecular weight excluding hydrogens is 274 g/mol. The third-order valence-corrected chi connectivity index (χ3v) is 2.30. The first kappa shape index (κ1) is 14.4. The molecular formula is C13H13N5O3. The molecule has 0 aliphatic heterocycles. The summed E-state index contributed by atoms with van der Waals surface area (Å²) in [7, 11) is 3.72. The zero-order valence-corrected chi connectivity index (χ0v) is 11.5. The van der Waals surface area contributed by atoms with E-state index < -0.39 is 4.92 Å². The zero-order valence-electron chi connectivity index (χ0n) is 11.5. The largest absolute Gasteiger partial charge is 0.433 e. The van der Waals surface area contributed by atoms with Gasteiger partial charge in [-0.1, -0.05) is 0 Å². The maximum atomic E-state index is 10.5. The molecule has 0 atom stereocenters. The van der Waals surface area contributed by atoms with Crippen LogP contribution in [0.25, 0.3) is 12.2 Å². The fourth-order valence-corrected chi connectivity index (χ4v) is 1.37. The predicted molar refractivity (Wildman–Crippen MR) is 78.2 cm³/mol. The van der Waals surface area contributed by atoms with Gasteiger partial charge < -0.3 is 9.32 Å². The third-order valence-electron chi connectivity index (χ3n) is 2.30. The van der Waals surface area contributed by atoms with Crippen molar-refractivity contribution in [1.82, 2.24) is 15.1 Å². The molecule has 0 amide bonds. The number of aliphatic imine (C=N–C) groups is 1. The van der Waals surface area contributed by atoms with E-state index in [1.165, 1.54) is 12.1 Å². The second-order valence-electron chi connectivity index (χ2n) is 4.29. The standard InChI is InChI=1S/C13H13N5O3/c1-17(2)9-14-12-7-4-10(15-16-12)3-5-11-6-8-13(21-11)18(19)20/h3-9H,1-2H3. The van der Waals surface area contributed by atoms with Crippen molar-refractivity contribution in [2.75, 3.05) is 14.1 Å². The molecule has 0 N–H and O–H groups in total. The molecule has 8 heteroatoms. The summed E-state index contributed by atoms with van der Waals surface area (Å²) in [4.78, 5) is 15.8. The molecule has 0 radical (unpaired) electrons. The van der Waals surface area contributed by atoms with Crippen molar-refractivity contribution in [3.63, 3.8) is 0 Å². The molecule has 2 aromatic heterocycles. The van der Waals surface area contributed by atoms with Gasteiger partial charge in [-0.25, -0.2) is 4.99 Å². The maximum absolute atomic E-state index is 10.5. The van der Waals surface area contributed by atoms with E-state index in [1.54, 1.807) is 35.5 Å². The van der Waals surface area contributed by atoms with E-state index in [0.29, 0.717) is 17.3 Å². The van der Waals surface area contributed by atoms with Gasteiger partial charge in [0.2, 0.25) is 0 Å². The molecule has 0 aromatic carbocycles. The lowest BCUT2D eigenvalue weighted by molar-refractivity contribution is -0.402. The monoisotopic (exact) mass is 287 g/mol. The van der Waals surface area contributed by atoms with Crippen molar-refractivity contribution in [2.24, 2.45) is 4.99 Å². The van der Waals surface area contributed by atoms with Crippen LogP contribution in [0.2, 0.25) is 0 Å². The normalized spacial score (nSPS) is 11.3. The highest BCUT2D eigenvalue weighted by Crippen LogP contribution is 2.17. The molecule has 108 valence electrons. The summed E-state index contributed by atoms with van der Waals surface area (Å²) in [5.41, 5.74) is 0.595. The van der Waals surface area contributed by atoms with Crippen molar-refractivity contribution in [3.05, 3.63) is 45.8 Å². The van der Waals surface area contributed by atoms with Gasteiger partial charge in [0, 0.05) is 14.1 Å². The van der Waals surface area contributed by atoms with Crippen LogP contribution < -0.4 is 0 Å². The Morgan fingerprint density at radius 3 is 2.62 bits per heavy atom. The first-order valence-electron chi connectivity index (χ1n) is 6.01. The molecule has 21 heavy (non-hydrogen) atoms. The first-order valence-corrected chi connectivity index (χ1v) is 6.01. The highest BCUT2D eigenvalue weighted by molar-refractivity contribution is 5.66. The minimum atomic E-state index is -0.589. The minimum absolute atomic E-state index is 0.297. The van der Waals surface area contributed by atoms with Crippen LogP contribution in [-0.4, -0.2) is 40.5 Å². The topological polar surface area (TPSA) is 97.7 Å². The average Bonchev–Trinajstić information content (AvgIpc) is 2.93. The van der Waals surface area contributed by atoms with E-state index in [9.17, 15) is 10.1 Å². The lowest BCUT2D eigenvalue weighted by atomic mass is 10.3. The molecule has 2 rings (SSSR count). The van der Waals surface area contributed by atoms with Crippen LogP contribution in [-0.2, 0) is 0 Å². The summed E-state index contributed by atoms with van der Waals surface area (Å²) in [5.74, 6) is 0.571. The van der Waals surface area contributed by atoms with Crippen molar-refractivity contribution in [1.29, 1.82) is 0 Å². The highest BCUT2D eigenvalue weighted by atomic mass is 16.6. The number of hydrogen-bond acceptors (Lipinski definition) is 6. The number of aromatic nitrogens is 2. The number of nitrogens with zero attached hydrogens (tertiary/aromatic N) is 5. The first-order chi connectivity index (χ1) is 10.0. The Morgan fingerprint density at radius 2 is 2.05 bits per heavy atom. The van der Waals surface area contributed by atoms with E-state index >= 15 is 0 Å². The Labute approximate surface area is 120 Å². The molecule has 0 aliphatic carbocycles. The van der Waals surface area contributed by atoms with Crippen LogP contribution in [0.15, 0.2) is 33.7 Å². The number of furan rings is 1. The lowest BCUT2D eigenvalue weighted by Crippen LogP contribution is -2.07. The quantitative estimate of drug-likeness (QED) is 0.362. The van der Waals surface area contributed by atoms with Crippen molar-refractivity contribution in [3.8, 4) is 0 Å². The van der Waals surface area contributed by atoms with Gasteiger partial charge in [0.25, 0.3) is 0 Å². The average molecular weight is 287 g/mol. The molecule has 2 aromatic rings. The molecule has 8 nitrogen and oxygen atoms in total. The summed E-state index contributed by atoms with van der Waals surface area (Å²) in [5, 5.41) is 18.4. The van der Waals surface area contributed by atoms with Crippen molar-refractivity contribution >= 4 is 30.2 Å². The van der Waals surface area contributed by atoms with E-state index in [0.717, 1.165) is 0 Å². The number of nitro groups is 1. The molecule has 0 saturated heterocycles. The summed E-state index contributed by atoms with van der Waals surface area (Å²) in [6.07, 6.45) is 4.86. The van der Waals surface area contributed by atoms with Gasteiger partial charge in [-0.2, -0.15) is 0 Å². The molecule has 0 unspecified atom stereocenters. The van der Waals surface area contributed by atoms with Crippen LogP contribution >= 0.6 is 0 Å². The van der Waals surface area contributed by atoms with E-state index in [2.05, 4.69) is 15.2 Å². The van der Waals surface area contributed by atoms with Crippen molar-refractivity contribution < 1.29 is 9.34 Å². The van der Waals surface area contributed by atoms with Crippen molar-refractivity contribution in [2.45, 2.75) is 0 Å². The Bertz CT molecular complexity index is 673. The van der Waals surface area contributed by atoms with Gasteiger partial charge in [0.1, 0.15) is 10.7 Å². The van der Waals surface area contributed by atoms with Gasteiger partial charge in [0.15, 0.2) is 5.82 Å². The smallest absolute Gasteiger partial charge is 0.401 e. The van der Waals surface area contributed by atoms with Crippen LogP contribution in [0.3, 0.4) is 0 Å². The molecule has 0 spiro atoms.